The molecule has 9 nitrogen and oxygen atoms in total. The van der Waals surface area contributed by atoms with Crippen LogP contribution in [0.25, 0.3) is 11.0 Å². The second-order valence-corrected chi connectivity index (χ2v) is 4.36. The molecule has 0 aliphatic carbocycles. The zero-order valence-corrected chi connectivity index (χ0v) is 9.84. The average molecular weight is 267 g/mol. The molecular weight excluding hydrogens is 254 g/mol. The minimum atomic E-state index is -1.89. The van der Waals surface area contributed by atoms with E-state index in [-0.39, 0.29) is 18.1 Å². The first kappa shape index (κ1) is 12.2. The highest BCUT2D eigenvalue weighted by molar-refractivity contribution is 5.84. The van der Waals surface area contributed by atoms with Gasteiger partial charge >= 0.3 is 0 Å². The van der Waals surface area contributed by atoms with Crippen molar-refractivity contribution >= 4 is 16.9 Å². The van der Waals surface area contributed by atoms with Crippen LogP contribution in [0, 0.1) is 0 Å². The molecule has 9 heteroatoms. The largest absolute Gasteiger partial charge is 0.393 e. The number of nitrogens with zero attached hydrogens (tertiary/aromatic N) is 4. The Morgan fingerprint density at radius 3 is 3.05 bits per heavy atom. The molecule has 3 rings (SSSR count). The molecule has 0 saturated carbocycles. The number of hydrogen-bond acceptors (Lipinski definition) is 8. The van der Waals surface area contributed by atoms with Crippen LogP contribution >= 0.6 is 0 Å². The molecule has 1 fully saturated rings. The van der Waals surface area contributed by atoms with Crippen molar-refractivity contribution < 1.29 is 20.1 Å². The van der Waals surface area contributed by atoms with Gasteiger partial charge in [0.05, 0.1) is 24.8 Å². The first-order valence-electron chi connectivity index (χ1n) is 5.66. The van der Waals surface area contributed by atoms with Crippen LogP contribution in [0.4, 0.5) is 5.82 Å². The third-order valence-electron chi connectivity index (χ3n) is 3.32. The summed E-state index contributed by atoms with van der Waals surface area (Å²) in [5.74, 6) is 0.216. The van der Waals surface area contributed by atoms with E-state index in [1.165, 1.54) is 12.5 Å². The number of nitrogen functional groups attached to an aromatic ring is 1. The normalized spacial score (nSPS) is 31.1. The van der Waals surface area contributed by atoms with Gasteiger partial charge in [0.1, 0.15) is 24.4 Å². The highest BCUT2D eigenvalue weighted by Crippen LogP contribution is 2.33. The lowest BCUT2D eigenvalue weighted by molar-refractivity contribution is -0.155. The van der Waals surface area contributed by atoms with E-state index in [0.29, 0.717) is 5.39 Å². The van der Waals surface area contributed by atoms with Crippen LogP contribution in [0.1, 0.15) is 0 Å². The van der Waals surface area contributed by atoms with Crippen molar-refractivity contribution in [1.29, 1.82) is 0 Å². The number of hydrogen-bond donors (Lipinski definition) is 4. The van der Waals surface area contributed by atoms with Gasteiger partial charge < -0.3 is 25.8 Å². The van der Waals surface area contributed by atoms with Crippen molar-refractivity contribution in [2.24, 2.45) is 0 Å². The molecule has 0 aromatic carbocycles. The highest BCUT2D eigenvalue weighted by atomic mass is 16.6. The molecule has 0 bridgehead atoms. The standard InChI is InChI=1S/C10H13N5O4/c11-8-5-1-14-15(9(5)13-4-12-8)10(18)6(17)3-19-7(10)2-16/h1,4,6-7,16-18H,2-3H2,(H2,11,12,13)/t6-,7+,10+/m0/s1. The van der Waals surface area contributed by atoms with Gasteiger partial charge in [0.15, 0.2) is 5.65 Å². The molecule has 3 atom stereocenters. The van der Waals surface area contributed by atoms with Gasteiger partial charge in [-0.1, -0.05) is 0 Å². The zero-order chi connectivity index (χ0) is 13.6. The summed E-state index contributed by atoms with van der Waals surface area (Å²) in [6, 6.07) is 0. The number of fused-ring (bicyclic) bond motifs is 1. The second-order valence-electron chi connectivity index (χ2n) is 4.36. The maximum absolute atomic E-state index is 10.6. The molecule has 1 saturated heterocycles. The van der Waals surface area contributed by atoms with Crippen LogP contribution in [0.5, 0.6) is 0 Å². The summed E-state index contributed by atoms with van der Waals surface area (Å²) in [6.45, 7) is -0.570. The summed E-state index contributed by atoms with van der Waals surface area (Å²) in [7, 11) is 0. The lowest BCUT2D eigenvalue weighted by atomic mass is 10.0. The predicted molar refractivity (Wildman–Crippen MR) is 62.8 cm³/mol. The highest BCUT2D eigenvalue weighted by Gasteiger charge is 2.53. The predicted octanol–water partition coefficient (Wildman–Crippen LogP) is -2.19. The Kier molecular flexibility index (Phi) is 2.64. The quantitative estimate of drug-likeness (QED) is 0.481. The first-order chi connectivity index (χ1) is 9.09. The Labute approximate surface area is 107 Å². The monoisotopic (exact) mass is 267 g/mol. The maximum Gasteiger partial charge on any atom is 0.217 e. The van der Waals surface area contributed by atoms with Gasteiger partial charge in [0.25, 0.3) is 0 Å². The molecule has 5 N–H and O–H groups in total. The summed E-state index contributed by atoms with van der Waals surface area (Å²) >= 11 is 0. The van der Waals surface area contributed by atoms with Gasteiger partial charge in [-0.25, -0.2) is 14.6 Å². The maximum atomic E-state index is 10.6. The molecule has 102 valence electrons. The molecule has 19 heavy (non-hydrogen) atoms. The molecule has 0 spiro atoms. The Balaban J connectivity index is 2.20. The van der Waals surface area contributed by atoms with Gasteiger partial charge in [0, 0.05) is 0 Å². The van der Waals surface area contributed by atoms with E-state index in [9.17, 15) is 15.3 Å². The molecule has 1 aliphatic heterocycles. The molecule has 0 unspecified atom stereocenters. The number of nitrogens with two attached hydrogens (primary N) is 1. The van der Waals surface area contributed by atoms with E-state index in [1.807, 2.05) is 0 Å². The lowest BCUT2D eigenvalue weighted by Crippen LogP contribution is -2.51. The van der Waals surface area contributed by atoms with E-state index in [1.54, 1.807) is 0 Å². The van der Waals surface area contributed by atoms with E-state index >= 15 is 0 Å². The summed E-state index contributed by atoms with van der Waals surface area (Å²) in [5, 5.41) is 34.3. The minimum Gasteiger partial charge on any atom is -0.393 e. The number of anilines is 1. The number of ether oxygens (including phenoxy) is 1. The van der Waals surface area contributed by atoms with Crippen molar-refractivity contribution in [2.45, 2.75) is 17.9 Å². The van der Waals surface area contributed by atoms with E-state index < -0.39 is 24.5 Å². The number of aliphatic hydroxyl groups excluding tert-OH is 2. The number of aliphatic hydroxyl groups is 3. The van der Waals surface area contributed by atoms with Crippen molar-refractivity contribution in [1.82, 2.24) is 19.7 Å². The fourth-order valence-corrected chi connectivity index (χ4v) is 2.26. The molecule has 0 radical (unpaired) electrons. The first-order valence-corrected chi connectivity index (χ1v) is 5.66. The van der Waals surface area contributed by atoms with Gasteiger partial charge in [-0.2, -0.15) is 5.10 Å². The molecule has 2 aromatic heterocycles. The number of rotatable bonds is 2. The zero-order valence-electron chi connectivity index (χ0n) is 9.84. The molecule has 0 amide bonds. The lowest BCUT2D eigenvalue weighted by Gasteiger charge is -2.30. The topological polar surface area (TPSA) is 140 Å². The molecule has 3 heterocycles. The average Bonchev–Trinajstić information content (AvgIpc) is 2.94. The van der Waals surface area contributed by atoms with Crippen molar-refractivity contribution in [3.05, 3.63) is 12.5 Å². The summed E-state index contributed by atoms with van der Waals surface area (Å²) < 4.78 is 6.26. The van der Waals surface area contributed by atoms with Crippen LogP contribution in [-0.2, 0) is 10.5 Å². The summed E-state index contributed by atoms with van der Waals surface area (Å²) in [5.41, 5.74) is 4.05. The van der Waals surface area contributed by atoms with Crippen LogP contribution in [0.3, 0.4) is 0 Å². The van der Waals surface area contributed by atoms with E-state index in [2.05, 4.69) is 15.1 Å². The van der Waals surface area contributed by atoms with Gasteiger partial charge in [-0.05, 0) is 0 Å². The van der Waals surface area contributed by atoms with Crippen molar-refractivity contribution in [3.8, 4) is 0 Å². The fraction of sp³-hybridized carbons (Fsp3) is 0.500. The van der Waals surface area contributed by atoms with Gasteiger partial charge in [-0.15, -0.1) is 0 Å². The SMILES string of the molecule is Nc1ncnc2c1cnn2[C@@]1(O)[C@@H](O)CO[C@@H]1CO. The Hall–Kier alpha value is -1.81. The molecule has 1 aliphatic rings. The third kappa shape index (κ3) is 1.53. The number of aromatic nitrogens is 4. The Morgan fingerprint density at radius 2 is 2.32 bits per heavy atom. The van der Waals surface area contributed by atoms with Crippen molar-refractivity contribution in [3.63, 3.8) is 0 Å². The molecular formula is C10H13N5O4. The minimum absolute atomic E-state index is 0.107. The molecule has 2 aromatic rings. The van der Waals surface area contributed by atoms with Crippen molar-refractivity contribution in [2.75, 3.05) is 18.9 Å². The van der Waals surface area contributed by atoms with Crippen LogP contribution in [0.15, 0.2) is 12.5 Å². The third-order valence-corrected chi connectivity index (χ3v) is 3.32. The van der Waals surface area contributed by atoms with Gasteiger partial charge in [-0.3, -0.25) is 0 Å². The van der Waals surface area contributed by atoms with Crippen LogP contribution in [-0.4, -0.2) is 60.5 Å². The summed E-state index contributed by atoms with van der Waals surface area (Å²) in [4.78, 5) is 7.81. The van der Waals surface area contributed by atoms with Crippen LogP contribution in [0.2, 0.25) is 0 Å². The second kappa shape index (κ2) is 4.10. The van der Waals surface area contributed by atoms with E-state index in [0.717, 1.165) is 4.68 Å². The van der Waals surface area contributed by atoms with Crippen LogP contribution < -0.4 is 5.73 Å². The fourth-order valence-electron chi connectivity index (χ4n) is 2.26. The smallest absolute Gasteiger partial charge is 0.217 e. The van der Waals surface area contributed by atoms with Gasteiger partial charge in [0.2, 0.25) is 5.72 Å². The summed E-state index contributed by atoms with van der Waals surface area (Å²) in [6.07, 6.45) is 0.392. The Morgan fingerprint density at radius 1 is 1.53 bits per heavy atom. The Bertz CT molecular complexity index is 617. The van der Waals surface area contributed by atoms with E-state index in [4.69, 9.17) is 10.5 Å².